The van der Waals surface area contributed by atoms with Gasteiger partial charge in [0.05, 0.1) is 25.0 Å². The van der Waals surface area contributed by atoms with Crippen LogP contribution in [0.5, 0.6) is 5.75 Å². The van der Waals surface area contributed by atoms with E-state index in [2.05, 4.69) is 49.7 Å². The van der Waals surface area contributed by atoms with Crippen molar-refractivity contribution in [3.63, 3.8) is 0 Å². The van der Waals surface area contributed by atoms with E-state index in [1.54, 1.807) is 7.11 Å². The van der Waals surface area contributed by atoms with Crippen molar-refractivity contribution in [2.75, 3.05) is 13.7 Å². The SMILES string of the molecule is CCNC(c1c(OC)cnn1C(C)C)C1CCCC1(C)C. The first-order valence-electron chi connectivity index (χ1n) is 8.27. The molecule has 0 spiro atoms. The van der Waals surface area contributed by atoms with Crippen molar-refractivity contribution in [1.29, 1.82) is 0 Å². The van der Waals surface area contributed by atoms with Gasteiger partial charge in [0.1, 0.15) is 0 Å². The largest absolute Gasteiger partial charge is 0.493 e. The van der Waals surface area contributed by atoms with Crippen LogP contribution < -0.4 is 10.1 Å². The van der Waals surface area contributed by atoms with Crippen molar-refractivity contribution in [1.82, 2.24) is 15.1 Å². The second-order valence-corrected chi connectivity index (χ2v) is 7.16. The highest BCUT2D eigenvalue weighted by molar-refractivity contribution is 5.30. The molecule has 1 aromatic heterocycles. The second kappa shape index (κ2) is 6.39. The Morgan fingerprint density at radius 3 is 2.67 bits per heavy atom. The molecule has 0 amide bonds. The van der Waals surface area contributed by atoms with Crippen LogP contribution in [0.3, 0.4) is 0 Å². The molecular formula is C17H31N3O. The fraction of sp³-hybridized carbons (Fsp3) is 0.824. The van der Waals surface area contributed by atoms with E-state index in [4.69, 9.17) is 4.74 Å². The molecule has 1 saturated carbocycles. The van der Waals surface area contributed by atoms with Crippen LogP contribution in [0, 0.1) is 11.3 Å². The Morgan fingerprint density at radius 2 is 2.19 bits per heavy atom. The lowest BCUT2D eigenvalue weighted by molar-refractivity contribution is 0.188. The van der Waals surface area contributed by atoms with Gasteiger partial charge < -0.3 is 10.1 Å². The van der Waals surface area contributed by atoms with Gasteiger partial charge in [-0.05, 0) is 44.6 Å². The molecule has 120 valence electrons. The molecule has 2 unspecified atom stereocenters. The zero-order valence-electron chi connectivity index (χ0n) is 14.4. The van der Waals surface area contributed by atoms with Crippen molar-refractivity contribution < 1.29 is 4.74 Å². The number of methoxy groups -OCH3 is 1. The monoisotopic (exact) mass is 293 g/mol. The Kier molecular flexibility index (Phi) is 4.97. The van der Waals surface area contributed by atoms with E-state index in [1.807, 2.05) is 6.20 Å². The summed E-state index contributed by atoms with van der Waals surface area (Å²) in [7, 11) is 1.74. The molecule has 0 saturated heterocycles. The maximum Gasteiger partial charge on any atom is 0.161 e. The molecule has 2 atom stereocenters. The van der Waals surface area contributed by atoms with Crippen LogP contribution in [0.25, 0.3) is 0 Å². The molecule has 0 bridgehead atoms. The lowest BCUT2D eigenvalue weighted by Crippen LogP contribution is -2.36. The van der Waals surface area contributed by atoms with Crippen LogP contribution in [-0.4, -0.2) is 23.4 Å². The van der Waals surface area contributed by atoms with E-state index < -0.39 is 0 Å². The third-order valence-electron chi connectivity index (χ3n) is 4.97. The molecule has 0 radical (unpaired) electrons. The van der Waals surface area contributed by atoms with Crippen molar-refractivity contribution in [2.24, 2.45) is 11.3 Å². The highest BCUT2D eigenvalue weighted by Gasteiger charge is 2.42. The minimum Gasteiger partial charge on any atom is -0.493 e. The normalized spacial score (nSPS) is 22.7. The average Bonchev–Trinajstić information content (AvgIpc) is 2.99. The zero-order valence-corrected chi connectivity index (χ0v) is 14.4. The van der Waals surface area contributed by atoms with Gasteiger partial charge >= 0.3 is 0 Å². The molecule has 1 aliphatic carbocycles. The summed E-state index contributed by atoms with van der Waals surface area (Å²) in [5.41, 5.74) is 1.58. The molecule has 4 heteroatoms. The van der Waals surface area contributed by atoms with Crippen LogP contribution in [-0.2, 0) is 0 Å². The van der Waals surface area contributed by atoms with E-state index in [0.29, 0.717) is 23.4 Å². The molecule has 1 aromatic rings. The smallest absolute Gasteiger partial charge is 0.161 e. The van der Waals surface area contributed by atoms with Crippen LogP contribution in [0.4, 0.5) is 0 Å². The van der Waals surface area contributed by atoms with Crippen LogP contribution in [0.15, 0.2) is 6.20 Å². The zero-order chi connectivity index (χ0) is 15.6. The van der Waals surface area contributed by atoms with Gasteiger partial charge in [0.2, 0.25) is 0 Å². The van der Waals surface area contributed by atoms with Gasteiger partial charge in [-0.3, -0.25) is 4.68 Å². The number of rotatable bonds is 6. The Balaban J connectivity index is 2.45. The van der Waals surface area contributed by atoms with Crippen molar-refractivity contribution >= 4 is 0 Å². The van der Waals surface area contributed by atoms with Gasteiger partial charge in [-0.1, -0.05) is 27.2 Å². The molecule has 4 nitrogen and oxygen atoms in total. The minimum atomic E-state index is 0.312. The summed E-state index contributed by atoms with van der Waals surface area (Å²) >= 11 is 0. The predicted molar refractivity (Wildman–Crippen MR) is 86.7 cm³/mol. The Morgan fingerprint density at radius 1 is 1.48 bits per heavy atom. The average molecular weight is 293 g/mol. The summed E-state index contributed by atoms with van der Waals surface area (Å²) < 4.78 is 7.73. The van der Waals surface area contributed by atoms with Gasteiger partial charge in [-0.2, -0.15) is 5.10 Å². The number of nitrogens with zero attached hydrogens (tertiary/aromatic N) is 2. The van der Waals surface area contributed by atoms with Gasteiger partial charge in [0.25, 0.3) is 0 Å². The lowest BCUT2D eigenvalue weighted by Gasteiger charge is -2.35. The van der Waals surface area contributed by atoms with Crippen LogP contribution >= 0.6 is 0 Å². The Labute approximate surface area is 129 Å². The number of aromatic nitrogens is 2. The summed E-state index contributed by atoms with van der Waals surface area (Å²) in [5.74, 6) is 1.54. The maximum absolute atomic E-state index is 5.61. The molecule has 1 N–H and O–H groups in total. The van der Waals surface area contributed by atoms with Crippen LogP contribution in [0.1, 0.15) is 71.7 Å². The summed E-state index contributed by atoms with van der Waals surface area (Å²) in [4.78, 5) is 0. The maximum atomic E-state index is 5.61. The van der Waals surface area contributed by atoms with E-state index in [9.17, 15) is 0 Å². The first-order chi connectivity index (χ1) is 9.92. The molecule has 1 heterocycles. The van der Waals surface area contributed by atoms with Crippen molar-refractivity contribution in [3.05, 3.63) is 11.9 Å². The number of hydrogen-bond donors (Lipinski definition) is 1. The first-order valence-corrected chi connectivity index (χ1v) is 8.27. The van der Waals surface area contributed by atoms with E-state index >= 15 is 0 Å². The summed E-state index contributed by atoms with van der Waals surface area (Å²) in [6.45, 7) is 12.3. The predicted octanol–water partition coefficient (Wildman–Crippen LogP) is 3.95. The highest BCUT2D eigenvalue weighted by atomic mass is 16.5. The fourth-order valence-corrected chi connectivity index (χ4v) is 3.84. The van der Waals surface area contributed by atoms with Gasteiger partial charge in [-0.15, -0.1) is 0 Å². The minimum absolute atomic E-state index is 0.312. The van der Waals surface area contributed by atoms with E-state index in [-0.39, 0.29) is 0 Å². The van der Waals surface area contributed by atoms with Crippen molar-refractivity contribution in [3.8, 4) is 5.75 Å². The number of nitrogens with one attached hydrogen (secondary N) is 1. The first kappa shape index (κ1) is 16.3. The molecular weight excluding hydrogens is 262 g/mol. The fourth-order valence-electron chi connectivity index (χ4n) is 3.84. The van der Waals surface area contributed by atoms with Crippen molar-refractivity contribution in [2.45, 2.75) is 66.0 Å². The van der Waals surface area contributed by atoms with E-state index in [0.717, 1.165) is 12.3 Å². The third kappa shape index (κ3) is 3.10. The topological polar surface area (TPSA) is 39.1 Å². The summed E-state index contributed by atoms with van der Waals surface area (Å²) in [6.07, 6.45) is 5.76. The number of hydrogen-bond acceptors (Lipinski definition) is 3. The summed E-state index contributed by atoms with van der Waals surface area (Å²) in [5, 5.41) is 8.27. The quantitative estimate of drug-likeness (QED) is 0.863. The van der Waals surface area contributed by atoms with Gasteiger partial charge in [0.15, 0.2) is 5.75 Å². The molecule has 0 aromatic carbocycles. The molecule has 2 rings (SSSR count). The molecule has 1 fully saturated rings. The Bertz CT molecular complexity index is 465. The van der Waals surface area contributed by atoms with Crippen LogP contribution in [0.2, 0.25) is 0 Å². The molecule has 21 heavy (non-hydrogen) atoms. The molecule has 1 aliphatic rings. The second-order valence-electron chi connectivity index (χ2n) is 7.16. The summed E-state index contributed by atoms with van der Waals surface area (Å²) in [6, 6.07) is 0.655. The van der Waals surface area contributed by atoms with Gasteiger partial charge in [-0.25, -0.2) is 0 Å². The third-order valence-corrected chi connectivity index (χ3v) is 4.97. The number of ether oxygens (including phenoxy) is 1. The lowest BCUT2D eigenvalue weighted by atomic mass is 9.76. The molecule has 0 aliphatic heterocycles. The van der Waals surface area contributed by atoms with Gasteiger partial charge in [0, 0.05) is 6.04 Å². The highest BCUT2D eigenvalue weighted by Crippen LogP contribution is 2.50. The van der Waals surface area contributed by atoms with E-state index in [1.165, 1.54) is 25.0 Å². The standard InChI is InChI=1S/C17H31N3O/c1-7-18-15(13-9-8-10-17(13,4)5)16-14(21-6)11-19-20(16)12(2)3/h11-13,15,18H,7-10H2,1-6H3. The Hall–Kier alpha value is -1.03.